The van der Waals surface area contributed by atoms with Crippen molar-refractivity contribution in [3.8, 4) is 0 Å². The lowest BCUT2D eigenvalue weighted by Crippen LogP contribution is -2.52. The fourth-order valence-corrected chi connectivity index (χ4v) is 2.58. The number of benzene rings is 2. The van der Waals surface area contributed by atoms with Crippen LogP contribution in [0, 0.1) is 0 Å². The highest BCUT2D eigenvalue weighted by atomic mass is 19.4. The van der Waals surface area contributed by atoms with Crippen molar-refractivity contribution in [3.63, 3.8) is 0 Å². The second-order valence-electron chi connectivity index (χ2n) is 6.44. The topological polar surface area (TPSA) is 48.4 Å². The van der Waals surface area contributed by atoms with Gasteiger partial charge in [-0.05, 0) is 35.4 Å². The summed E-state index contributed by atoms with van der Waals surface area (Å²) in [5.74, 6) is -1.50. The quantitative estimate of drug-likeness (QED) is 0.568. The van der Waals surface area contributed by atoms with E-state index in [2.05, 4.69) is 4.98 Å². The van der Waals surface area contributed by atoms with Gasteiger partial charge < -0.3 is 9.47 Å². The van der Waals surface area contributed by atoms with E-state index in [1.165, 1.54) is 12.4 Å². The van der Waals surface area contributed by atoms with Crippen molar-refractivity contribution < 1.29 is 27.4 Å². The van der Waals surface area contributed by atoms with Crippen molar-refractivity contribution in [2.24, 2.45) is 0 Å². The Morgan fingerprint density at radius 2 is 1.71 bits per heavy atom. The van der Waals surface area contributed by atoms with Crippen LogP contribution in [0.1, 0.15) is 18.1 Å². The number of halogens is 3. The fraction of sp³-hybridized carbons (Fsp3) is 0.238. The first-order valence-electron chi connectivity index (χ1n) is 8.54. The molecule has 28 heavy (non-hydrogen) atoms. The molecule has 0 aliphatic rings. The summed E-state index contributed by atoms with van der Waals surface area (Å²) in [5.41, 5.74) is -2.08. The van der Waals surface area contributed by atoms with Crippen LogP contribution in [0.5, 0.6) is 0 Å². The third-order valence-electron chi connectivity index (χ3n) is 4.36. The molecule has 1 atom stereocenters. The van der Waals surface area contributed by atoms with Crippen LogP contribution in [0.3, 0.4) is 0 Å². The van der Waals surface area contributed by atoms with E-state index < -0.39 is 17.7 Å². The van der Waals surface area contributed by atoms with Gasteiger partial charge in [-0.25, -0.2) is 4.79 Å². The molecule has 0 fully saturated rings. The molecule has 1 unspecified atom stereocenters. The second-order valence-corrected chi connectivity index (χ2v) is 6.44. The number of carbonyl (C=O) groups excluding carboxylic acids is 1. The van der Waals surface area contributed by atoms with E-state index in [1.54, 1.807) is 30.3 Å². The molecule has 0 N–H and O–H groups in total. The summed E-state index contributed by atoms with van der Waals surface area (Å²) in [6.07, 6.45) is -2.01. The number of ether oxygens (including phenoxy) is 2. The van der Waals surface area contributed by atoms with Gasteiger partial charge >= 0.3 is 12.1 Å². The number of aromatic nitrogens is 1. The molecule has 1 heterocycles. The van der Waals surface area contributed by atoms with Gasteiger partial charge in [0.2, 0.25) is 0 Å². The number of hydrogen-bond donors (Lipinski definition) is 0. The molecule has 0 aliphatic carbocycles. The Labute approximate surface area is 159 Å². The van der Waals surface area contributed by atoms with Crippen LogP contribution in [0.2, 0.25) is 0 Å². The summed E-state index contributed by atoms with van der Waals surface area (Å²) in [4.78, 5) is 16.1. The van der Waals surface area contributed by atoms with E-state index in [4.69, 9.17) is 9.47 Å². The Balaban J connectivity index is 1.73. The number of carbonyl (C=O) groups is 1. The fourth-order valence-electron chi connectivity index (χ4n) is 2.58. The van der Waals surface area contributed by atoms with Crippen molar-refractivity contribution in [3.05, 3.63) is 78.1 Å². The minimum absolute atomic E-state index is 0.322. The van der Waals surface area contributed by atoms with Crippen molar-refractivity contribution in [1.29, 1.82) is 0 Å². The molecule has 0 bridgehead atoms. The first-order chi connectivity index (χ1) is 13.3. The molecule has 0 radical (unpaired) electrons. The maximum atomic E-state index is 13.6. The van der Waals surface area contributed by atoms with Crippen molar-refractivity contribution in [2.45, 2.75) is 31.9 Å². The number of esters is 1. The van der Waals surface area contributed by atoms with Gasteiger partial charge in [-0.15, -0.1) is 0 Å². The summed E-state index contributed by atoms with van der Waals surface area (Å²) in [6, 6.07) is 15.8. The van der Waals surface area contributed by atoms with Crippen LogP contribution in [-0.4, -0.2) is 22.7 Å². The summed E-state index contributed by atoms with van der Waals surface area (Å²) in [5, 5.41) is 1.83. The van der Waals surface area contributed by atoms with E-state index in [9.17, 15) is 18.0 Å². The molecule has 7 heteroatoms. The Kier molecular flexibility index (Phi) is 5.65. The van der Waals surface area contributed by atoms with Crippen LogP contribution in [0.15, 0.2) is 67.0 Å². The normalized spacial score (nSPS) is 13.9. The molecular weight excluding hydrogens is 371 g/mol. The molecule has 4 nitrogen and oxygen atoms in total. The predicted molar refractivity (Wildman–Crippen MR) is 97.2 cm³/mol. The first kappa shape index (κ1) is 19.8. The minimum atomic E-state index is -4.93. The maximum absolute atomic E-state index is 13.6. The van der Waals surface area contributed by atoms with Crippen molar-refractivity contribution in [1.82, 2.24) is 4.98 Å². The zero-order valence-corrected chi connectivity index (χ0v) is 15.1. The average molecular weight is 389 g/mol. The smallest absolute Gasteiger partial charge is 0.428 e. The lowest BCUT2D eigenvalue weighted by Gasteiger charge is -2.29. The summed E-state index contributed by atoms with van der Waals surface area (Å²) >= 11 is 0. The molecule has 0 saturated carbocycles. The number of nitrogens with zero attached hydrogens (tertiary/aromatic N) is 1. The van der Waals surface area contributed by atoms with Gasteiger partial charge in [0.1, 0.15) is 6.61 Å². The molecule has 3 aromatic rings. The third kappa shape index (κ3) is 4.31. The van der Waals surface area contributed by atoms with E-state index in [1.807, 2.05) is 24.3 Å². The number of pyridine rings is 1. The zero-order valence-electron chi connectivity index (χ0n) is 15.1. The molecule has 1 aromatic heterocycles. The molecule has 0 saturated heterocycles. The number of rotatable bonds is 6. The summed E-state index contributed by atoms with van der Waals surface area (Å²) in [6.45, 7) is -0.0276. The molecule has 146 valence electrons. The third-order valence-corrected chi connectivity index (χ3v) is 4.36. The Morgan fingerprint density at radius 3 is 2.39 bits per heavy atom. The zero-order chi connectivity index (χ0) is 20.2. The van der Waals surface area contributed by atoms with Crippen LogP contribution in [0.4, 0.5) is 13.2 Å². The van der Waals surface area contributed by atoms with Gasteiger partial charge in [0.05, 0.1) is 6.61 Å². The SMILES string of the molecule is CC(OCc1ccc2ccccc2c1)(C(=O)OCc1cccnc1)C(F)(F)F. The van der Waals surface area contributed by atoms with Gasteiger partial charge in [0, 0.05) is 18.0 Å². The van der Waals surface area contributed by atoms with Gasteiger partial charge in [0.25, 0.3) is 5.60 Å². The Morgan fingerprint density at radius 1 is 0.964 bits per heavy atom. The van der Waals surface area contributed by atoms with Crippen LogP contribution in [-0.2, 0) is 27.5 Å². The summed E-state index contributed by atoms with van der Waals surface area (Å²) < 4.78 is 50.7. The molecule has 0 aliphatic heterocycles. The van der Waals surface area contributed by atoms with E-state index in [-0.39, 0.29) is 13.2 Å². The van der Waals surface area contributed by atoms with Gasteiger partial charge in [-0.2, -0.15) is 13.2 Å². The lowest BCUT2D eigenvalue weighted by atomic mass is 10.1. The molecule has 0 amide bonds. The highest BCUT2D eigenvalue weighted by molar-refractivity contribution is 5.83. The van der Waals surface area contributed by atoms with Gasteiger partial charge in [-0.1, -0.05) is 42.5 Å². The van der Waals surface area contributed by atoms with Crippen molar-refractivity contribution in [2.75, 3.05) is 0 Å². The molecule has 3 rings (SSSR count). The van der Waals surface area contributed by atoms with E-state index >= 15 is 0 Å². The number of fused-ring (bicyclic) bond motifs is 1. The van der Waals surface area contributed by atoms with Crippen molar-refractivity contribution >= 4 is 16.7 Å². The summed E-state index contributed by atoms with van der Waals surface area (Å²) in [7, 11) is 0. The predicted octanol–water partition coefficient (Wildman–Crippen LogP) is 4.82. The molecule has 0 spiro atoms. The largest absolute Gasteiger partial charge is 0.458 e. The van der Waals surface area contributed by atoms with E-state index in [0.29, 0.717) is 18.1 Å². The average Bonchev–Trinajstić information content (AvgIpc) is 2.70. The first-order valence-corrected chi connectivity index (χ1v) is 8.54. The number of alkyl halides is 3. The highest BCUT2D eigenvalue weighted by Gasteiger charge is 2.59. The standard InChI is InChI=1S/C21H18F3NO3/c1-20(21(22,23)24,19(26)27-13-16-5-4-10-25-12-16)28-14-15-8-9-17-6-2-3-7-18(17)11-15/h2-12H,13-14H2,1H3. The van der Waals surface area contributed by atoms with Crippen LogP contribution < -0.4 is 0 Å². The highest BCUT2D eigenvalue weighted by Crippen LogP contribution is 2.35. The molecular formula is C21H18F3NO3. The molecule has 2 aromatic carbocycles. The van der Waals surface area contributed by atoms with Gasteiger partial charge in [0.15, 0.2) is 0 Å². The maximum Gasteiger partial charge on any atom is 0.428 e. The van der Waals surface area contributed by atoms with Crippen LogP contribution >= 0.6 is 0 Å². The Hall–Kier alpha value is -2.93. The van der Waals surface area contributed by atoms with E-state index in [0.717, 1.165) is 10.8 Å². The Bertz CT molecular complexity index is 960. The monoisotopic (exact) mass is 389 g/mol. The number of hydrogen-bond acceptors (Lipinski definition) is 4. The second kappa shape index (κ2) is 7.98. The lowest BCUT2D eigenvalue weighted by molar-refractivity contribution is -0.275. The minimum Gasteiger partial charge on any atom is -0.458 e. The van der Waals surface area contributed by atoms with Gasteiger partial charge in [-0.3, -0.25) is 4.98 Å². The van der Waals surface area contributed by atoms with Crippen LogP contribution in [0.25, 0.3) is 10.8 Å².